The summed E-state index contributed by atoms with van der Waals surface area (Å²) in [7, 11) is 1.49. The summed E-state index contributed by atoms with van der Waals surface area (Å²) in [5.41, 5.74) is 1.01. The Morgan fingerprint density at radius 2 is 1.57 bits per heavy atom. The summed E-state index contributed by atoms with van der Waals surface area (Å²) < 4.78 is 46.4. The van der Waals surface area contributed by atoms with Gasteiger partial charge in [0.25, 0.3) is 11.8 Å². The van der Waals surface area contributed by atoms with Gasteiger partial charge in [-0.25, -0.2) is 4.98 Å². The first-order valence-electron chi connectivity index (χ1n) is 9.88. The molecule has 0 aliphatic heterocycles. The SMILES string of the molecule is CNC(=O)c1cc(Oc2ccc3nnc(NC(=O)c4ccc(OC(F)(F)F)cc4)nc3c2)ccn1. The van der Waals surface area contributed by atoms with Crippen molar-refractivity contribution in [3.8, 4) is 17.2 Å². The van der Waals surface area contributed by atoms with Gasteiger partial charge in [-0.1, -0.05) is 0 Å². The van der Waals surface area contributed by atoms with E-state index in [9.17, 15) is 22.8 Å². The number of nitrogens with one attached hydrogen (secondary N) is 2. The number of hydrogen-bond acceptors (Lipinski definition) is 8. The van der Waals surface area contributed by atoms with E-state index in [2.05, 4.69) is 35.5 Å². The molecule has 2 N–H and O–H groups in total. The van der Waals surface area contributed by atoms with Crippen LogP contribution in [0.25, 0.3) is 11.0 Å². The fourth-order valence-electron chi connectivity index (χ4n) is 2.88. The maximum Gasteiger partial charge on any atom is 0.573 e. The van der Waals surface area contributed by atoms with Gasteiger partial charge in [0.15, 0.2) is 0 Å². The van der Waals surface area contributed by atoms with Gasteiger partial charge < -0.3 is 14.8 Å². The predicted molar refractivity (Wildman–Crippen MR) is 116 cm³/mol. The number of alkyl halides is 3. The number of fused-ring (bicyclic) bond motifs is 1. The molecule has 4 aromatic rings. The second-order valence-corrected chi connectivity index (χ2v) is 6.87. The molecule has 0 radical (unpaired) electrons. The molecule has 2 heterocycles. The first-order chi connectivity index (χ1) is 16.7. The highest BCUT2D eigenvalue weighted by Gasteiger charge is 2.31. The number of amides is 2. The number of halogens is 3. The largest absolute Gasteiger partial charge is 0.573 e. The summed E-state index contributed by atoms with van der Waals surface area (Å²) in [6.07, 6.45) is -3.40. The normalized spacial score (nSPS) is 11.1. The van der Waals surface area contributed by atoms with Gasteiger partial charge >= 0.3 is 6.36 Å². The van der Waals surface area contributed by atoms with Gasteiger partial charge in [-0.3, -0.25) is 19.9 Å². The molecular formula is C22H15F3N6O4. The lowest BCUT2D eigenvalue weighted by Crippen LogP contribution is -2.18. The first-order valence-corrected chi connectivity index (χ1v) is 9.88. The topological polar surface area (TPSA) is 128 Å². The summed E-state index contributed by atoms with van der Waals surface area (Å²) in [6.45, 7) is 0. The smallest absolute Gasteiger partial charge is 0.457 e. The minimum Gasteiger partial charge on any atom is -0.457 e. The van der Waals surface area contributed by atoms with Crippen LogP contribution < -0.4 is 20.1 Å². The predicted octanol–water partition coefficient (Wildman–Crippen LogP) is 3.72. The molecule has 4 rings (SSSR count). The second kappa shape index (κ2) is 9.59. The van der Waals surface area contributed by atoms with Gasteiger partial charge in [-0.2, -0.15) is 0 Å². The number of benzene rings is 2. The quantitative estimate of drug-likeness (QED) is 0.424. The Bertz CT molecular complexity index is 1400. The molecule has 0 saturated carbocycles. The number of carbonyl (C=O) groups is 2. The third-order valence-corrected chi connectivity index (χ3v) is 4.43. The van der Waals surface area contributed by atoms with E-state index in [4.69, 9.17) is 4.74 Å². The molecule has 0 spiro atoms. The summed E-state index contributed by atoms with van der Waals surface area (Å²) in [5.74, 6) is -0.858. The molecule has 0 unspecified atom stereocenters. The van der Waals surface area contributed by atoms with E-state index in [1.165, 1.54) is 31.4 Å². The summed E-state index contributed by atoms with van der Waals surface area (Å²) in [5, 5.41) is 12.7. The Hall–Kier alpha value is -4.81. The van der Waals surface area contributed by atoms with Gasteiger partial charge in [0.2, 0.25) is 5.95 Å². The average molecular weight is 484 g/mol. The highest BCUT2D eigenvalue weighted by Crippen LogP contribution is 2.25. The molecule has 0 bridgehead atoms. The molecule has 0 atom stereocenters. The van der Waals surface area contributed by atoms with Crippen molar-refractivity contribution < 1.29 is 32.2 Å². The number of carbonyl (C=O) groups excluding carboxylic acids is 2. The minimum absolute atomic E-state index is 0.0601. The molecule has 10 nitrogen and oxygen atoms in total. The Morgan fingerprint density at radius 3 is 2.29 bits per heavy atom. The lowest BCUT2D eigenvalue weighted by Gasteiger charge is -2.09. The number of ether oxygens (including phenoxy) is 2. The van der Waals surface area contributed by atoms with Gasteiger partial charge in [-0.05, 0) is 42.5 Å². The third kappa shape index (κ3) is 5.96. The zero-order valence-electron chi connectivity index (χ0n) is 17.8. The lowest BCUT2D eigenvalue weighted by atomic mass is 10.2. The van der Waals surface area contributed by atoms with E-state index < -0.39 is 18.0 Å². The number of nitrogens with zero attached hydrogens (tertiary/aromatic N) is 4. The third-order valence-electron chi connectivity index (χ3n) is 4.43. The van der Waals surface area contributed by atoms with Crippen LogP contribution in [0.4, 0.5) is 19.1 Å². The van der Waals surface area contributed by atoms with Crippen molar-refractivity contribution in [1.82, 2.24) is 25.5 Å². The molecule has 13 heteroatoms. The molecule has 2 aromatic heterocycles. The monoisotopic (exact) mass is 484 g/mol. The van der Waals surface area contributed by atoms with Crippen LogP contribution in [0.5, 0.6) is 17.2 Å². The van der Waals surface area contributed by atoms with Crippen LogP contribution in [0.3, 0.4) is 0 Å². The Labute approximate surface area is 195 Å². The molecule has 35 heavy (non-hydrogen) atoms. The van der Waals surface area contributed by atoms with Crippen molar-refractivity contribution in [2.45, 2.75) is 6.36 Å². The van der Waals surface area contributed by atoms with Crippen molar-refractivity contribution in [2.75, 3.05) is 12.4 Å². The zero-order valence-corrected chi connectivity index (χ0v) is 17.8. The zero-order chi connectivity index (χ0) is 25.0. The summed E-state index contributed by atoms with van der Waals surface area (Å²) >= 11 is 0. The molecule has 0 saturated heterocycles. The second-order valence-electron chi connectivity index (χ2n) is 6.87. The number of rotatable bonds is 6. The summed E-state index contributed by atoms with van der Waals surface area (Å²) in [4.78, 5) is 32.4. The summed E-state index contributed by atoms with van der Waals surface area (Å²) in [6, 6.07) is 12.2. The lowest BCUT2D eigenvalue weighted by molar-refractivity contribution is -0.274. The Kier molecular flexibility index (Phi) is 6.40. The first kappa shape index (κ1) is 23.4. The van der Waals surface area contributed by atoms with Crippen LogP contribution >= 0.6 is 0 Å². The highest BCUT2D eigenvalue weighted by molar-refractivity contribution is 6.03. The van der Waals surface area contributed by atoms with Crippen LogP contribution in [0.2, 0.25) is 0 Å². The van der Waals surface area contributed by atoms with Crippen LogP contribution in [-0.2, 0) is 0 Å². The van der Waals surface area contributed by atoms with Crippen molar-refractivity contribution in [3.05, 3.63) is 72.1 Å². The highest BCUT2D eigenvalue weighted by atomic mass is 19.4. The van der Waals surface area contributed by atoms with Crippen molar-refractivity contribution in [3.63, 3.8) is 0 Å². The fourth-order valence-corrected chi connectivity index (χ4v) is 2.88. The van der Waals surface area contributed by atoms with E-state index >= 15 is 0 Å². The molecule has 178 valence electrons. The average Bonchev–Trinajstić information content (AvgIpc) is 2.83. The van der Waals surface area contributed by atoms with Crippen LogP contribution in [-0.4, -0.2) is 45.4 Å². The maximum absolute atomic E-state index is 12.4. The van der Waals surface area contributed by atoms with Crippen LogP contribution in [0.15, 0.2) is 60.8 Å². The molecule has 0 aliphatic rings. The van der Waals surface area contributed by atoms with E-state index in [1.807, 2.05) is 0 Å². The Balaban J connectivity index is 1.49. The number of anilines is 1. The fraction of sp³-hybridized carbons (Fsp3) is 0.0909. The van der Waals surface area contributed by atoms with Gasteiger partial charge in [0.05, 0.1) is 5.52 Å². The van der Waals surface area contributed by atoms with E-state index in [-0.39, 0.29) is 23.1 Å². The van der Waals surface area contributed by atoms with E-state index in [0.29, 0.717) is 22.5 Å². The molecule has 0 fully saturated rings. The maximum atomic E-state index is 12.4. The van der Waals surface area contributed by atoms with Crippen LogP contribution in [0.1, 0.15) is 20.8 Å². The van der Waals surface area contributed by atoms with E-state index in [0.717, 1.165) is 12.1 Å². The standard InChI is InChI=1S/C22H15F3N6O4/c1-26-20(33)18-11-15(8-9-27-18)34-14-6-7-16-17(10-14)28-21(31-30-16)29-19(32)12-2-4-13(5-3-12)35-22(23,24)25/h2-11H,1H3,(H,26,33)(H,28,29,31,32). The van der Waals surface area contributed by atoms with Gasteiger partial charge in [-0.15, -0.1) is 23.4 Å². The Morgan fingerprint density at radius 1 is 0.857 bits per heavy atom. The number of pyridine rings is 1. The molecular weight excluding hydrogens is 469 g/mol. The van der Waals surface area contributed by atoms with Crippen molar-refractivity contribution in [2.24, 2.45) is 0 Å². The van der Waals surface area contributed by atoms with Crippen molar-refractivity contribution in [1.29, 1.82) is 0 Å². The molecule has 2 amide bonds. The molecule has 2 aromatic carbocycles. The van der Waals surface area contributed by atoms with Crippen LogP contribution in [0, 0.1) is 0 Å². The number of aromatic nitrogens is 4. The van der Waals surface area contributed by atoms with Gasteiger partial charge in [0, 0.05) is 30.9 Å². The van der Waals surface area contributed by atoms with Crippen molar-refractivity contribution >= 4 is 28.8 Å². The van der Waals surface area contributed by atoms with E-state index in [1.54, 1.807) is 24.3 Å². The molecule has 0 aliphatic carbocycles. The minimum atomic E-state index is -4.83. The number of hydrogen-bond donors (Lipinski definition) is 2. The van der Waals surface area contributed by atoms with Gasteiger partial charge in [0.1, 0.15) is 28.5 Å².